The zero-order chi connectivity index (χ0) is 27.4. The number of ether oxygens (including phenoxy) is 1. The van der Waals surface area contributed by atoms with Crippen molar-refractivity contribution in [2.45, 2.75) is 25.2 Å². The van der Waals surface area contributed by atoms with Gasteiger partial charge in [-0.25, -0.2) is 0 Å². The molecule has 0 atom stereocenters. The Morgan fingerprint density at radius 3 is 2.34 bits per heavy atom. The Morgan fingerprint density at radius 1 is 1.00 bits per heavy atom. The number of anilines is 1. The van der Waals surface area contributed by atoms with Gasteiger partial charge in [0.1, 0.15) is 22.0 Å². The number of phenols is 1. The second kappa shape index (κ2) is 11.2. The molecule has 0 aliphatic carbocycles. The Bertz CT molecular complexity index is 1650. The first-order chi connectivity index (χ1) is 18.1. The average molecular weight is 554 g/mol. The first-order valence-electron chi connectivity index (χ1n) is 11.6. The van der Waals surface area contributed by atoms with E-state index in [1.165, 1.54) is 18.2 Å². The third kappa shape index (κ3) is 5.62. The van der Waals surface area contributed by atoms with Crippen LogP contribution >= 0.6 is 11.6 Å². The van der Waals surface area contributed by atoms with E-state index in [0.29, 0.717) is 34.4 Å². The Hall–Kier alpha value is -3.99. The molecule has 4 aromatic carbocycles. The molecule has 0 aromatic heterocycles. The van der Waals surface area contributed by atoms with Crippen molar-refractivity contribution in [2.75, 3.05) is 11.9 Å². The maximum atomic E-state index is 13.1. The quantitative estimate of drug-likeness (QED) is 0.157. The number of carbonyl (C=O) groups is 1. The topological polar surface area (TPSA) is 138 Å². The van der Waals surface area contributed by atoms with E-state index in [1.54, 1.807) is 55.5 Å². The van der Waals surface area contributed by atoms with Crippen molar-refractivity contribution in [3.63, 3.8) is 0 Å². The van der Waals surface area contributed by atoms with Gasteiger partial charge in [-0.1, -0.05) is 48.9 Å². The van der Waals surface area contributed by atoms with Crippen LogP contribution in [0.5, 0.6) is 11.5 Å². The molecule has 1 amide bonds. The molecule has 0 saturated heterocycles. The summed E-state index contributed by atoms with van der Waals surface area (Å²) in [6, 6.07) is 18.1. The molecule has 11 heteroatoms. The van der Waals surface area contributed by atoms with Crippen LogP contribution in [0, 0.1) is 0 Å². The van der Waals surface area contributed by atoms with E-state index in [0.717, 1.165) is 0 Å². The van der Waals surface area contributed by atoms with Crippen molar-refractivity contribution >= 4 is 55.5 Å². The lowest BCUT2D eigenvalue weighted by Crippen LogP contribution is -2.12. The summed E-state index contributed by atoms with van der Waals surface area (Å²) in [6.07, 6.45) is 0.282. The summed E-state index contributed by atoms with van der Waals surface area (Å²) in [5.74, 6) is -0.414. The molecule has 0 heterocycles. The van der Waals surface area contributed by atoms with Crippen LogP contribution < -0.4 is 10.1 Å². The van der Waals surface area contributed by atoms with Gasteiger partial charge in [0.05, 0.1) is 17.2 Å². The Kier molecular flexibility index (Phi) is 7.96. The lowest BCUT2D eigenvalue weighted by atomic mass is 10.0. The predicted octanol–water partition coefficient (Wildman–Crippen LogP) is 7.07. The molecule has 0 aliphatic heterocycles. The normalized spacial score (nSPS) is 11.7. The summed E-state index contributed by atoms with van der Waals surface area (Å²) in [4.78, 5) is 12.7. The Morgan fingerprint density at radius 2 is 1.68 bits per heavy atom. The molecule has 196 valence electrons. The number of fused-ring (bicyclic) bond motifs is 1. The zero-order valence-corrected chi connectivity index (χ0v) is 22.0. The number of hydrogen-bond donors (Lipinski definition) is 3. The first-order valence-corrected chi connectivity index (χ1v) is 13.4. The summed E-state index contributed by atoms with van der Waals surface area (Å²) in [5.41, 5.74) is 0.356. The minimum atomic E-state index is -4.69. The van der Waals surface area contributed by atoms with Crippen molar-refractivity contribution in [1.82, 2.24) is 0 Å². The van der Waals surface area contributed by atoms with Gasteiger partial charge in [0.15, 0.2) is 5.75 Å². The van der Waals surface area contributed by atoms with Crippen LogP contribution in [-0.4, -0.2) is 30.6 Å². The molecule has 0 aliphatic rings. The first kappa shape index (κ1) is 27.1. The highest BCUT2D eigenvalue weighted by atomic mass is 35.5. The number of phenolic OH excluding ortho intramolecular Hbond substituents is 1. The van der Waals surface area contributed by atoms with Crippen molar-refractivity contribution in [1.29, 1.82) is 0 Å². The maximum Gasteiger partial charge on any atom is 0.297 e. The van der Waals surface area contributed by atoms with Crippen LogP contribution in [0.15, 0.2) is 81.9 Å². The molecule has 38 heavy (non-hydrogen) atoms. The minimum Gasteiger partial charge on any atom is -0.505 e. The van der Waals surface area contributed by atoms with E-state index < -0.39 is 26.7 Å². The van der Waals surface area contributed by atoms with Crippen molar-refractivity contribution in [3.05, 3.63) is 82.9 Å². The number of halogens is 1. The second-order valence-electron chi connectivity index (χ2n) is 8.17. The van der Waals surface area contributed by atoms with Gasteiger partial charge < -0.3 is 15.2 Å². The van der Waals surface area contributed by atoms with Crippen LogP contribution in [0.4, 0.5) is 17.1 Å². The summed E-state index contributed by atoms with van der Waals surface area (Å²) in [7, 11) is -4.69. The smallest absolute Gasteiger partial charge is 0.297 e. The van der Waals surface area contributed by atoms with Crippen molar-refractivity contribution < 1.29 is 27.6 Å². The molecule has 0 bridgehead atoms. The van der Waals surface area contributed by atoms with Crippen LogP contribution in [0.1, 0.15) is 29.8 Å². The van der Waals surface area contributed by atoms with E-state index in [1.807, 2.05) is 6.92 Å². The maximum absolute atomic E-state index is 13.1. The standard InChI is InChI=1S/C27H24ClN3O6S/c1-3-16-9-14-22(28)24(26(16)38(34,35)36)31-30-23-20-8-6-5-7-17(20)15-21(25(23)32)27(33)29-18-10-12-19(13-11-18)37-4-2/h5-15,32H,3-4H2,1-2H3,(H,29,33)(H,34,35,36). The highest BCUT2D eigenvalue weighted by Gasteiger charge is 2.23. The molecule has 0 unspecified atom stereocenters. The molecule has 0 spiro atoms. The number of nitrogens with one attached hydrogen (secondary N) is 1. The molecule has 3 N–H and O–H groups in total. The average Bonchev–Trinajstić information content (AvgIpc) is 2.89. The van der Waals surface area contributed by atoms with Gasteiger partial charge in [-0.3, -0.25) is 9.35 Å². The van der Waals surface area contributed by atoms with Gasteiger partial charge in [-0.15, -0.1) is 10.2 Å². The van der Waals surface area contributed by atoms with Gasteiger partial charge in [0.2, 0.25) is 0 Å². The number of azo groups is 1. The lowest BCUT2D eigenvalue weighted by molar-refractivity contribution is 0.102. The minimum absolute atomic E-state index is 0.0632. The van der Waals surface area contributed by atoms with Crippen LogP contribution in [0.25, 0.3) is 10.8 Å². The monoisotopic (exact) mass is 553 g/mol. The molecular formula is C27H24ClN3O6S. The largest absolute Gasteiger partial charge is 0.505 e. The number of hydrogen-bond acceptors (Lipinski definition) is 7. The summed E-state index contributed by atoms with van der Waals surface area (Å²) in [5, 5.41) is 22.9. The van der Waals surface area contributed by atoms with E-state index in [2.05, 4.69) is 15.5 Å². The zero-order valence-electron chi connectivity index (χ0n) is 20.5. The Labute approximate surface area is 224 Å². The fraction of sp³-hybridized carbons (Fsp3) is 0.148. The summed E-state index contributed by atoms with van der Waals surface area (Å²) < 4.78 is 39.5. The van der Waals surface area contributed by atoms with Crippen LogP contribution in [-0.2, 0) is 16.5 Å². The Balaban J connectivity index is 1.81. The van der Waals surface area contributed by atoms with Crippen molar-refractivity contribution in [2.24, 2.45) is 10.2 Å². The van der Waals surface area contributed by atoms with Crippen LogP contribution in [0.2, 0.25) is 5.02 Å². The number of rotatable bonds is 8. The van der Waals surface area contributed by atoms with Crippen molar-refractivity contribution in [3.8, 4) is 11.5 Å². The molecular weight excluding hydrogens is 530 g/mol. The molecule has 4 rings (SSSR count). The molecule has 0 saturated carbocycles. The van der Waals surface area contributed by atoms with Gasteiger partial charge >= 0.3 is 0 Å². The summed E-state index contributed by atoms with van der Waals surface area (Å²) >= 11 is 6.23. The van der Waals surface area contributed by atoms with E-state index in [9.17, 15) is 22.9 Å². The van der Waals surface area contributed by atoms with E-state index in [-0.39, 0.29) is 28.4 Å². The van der Waals surface area contributed by atoms with Gasteiger partial charge in [-0.05, 0) is 60.7 Å². The highest BCUT2D eigenvalue weighted by molar-refractivity contribution is 7.86. The molecule has 9 nitrogen and oxygen atoms in total. The second-order valence-corrected chi connectivity index (χ2v) is 9.93. The number of carbonyl (C=O) groups excluding carboxylic acids is 1. The molecule has 0 radical (unpaired) electrons. The lowest BCUT2D eigenvalue weighted by Gasteiger charge is -2.12. The number of aryl methyl sites for hydroxylation is 1. The van der Waals surface area contributed by atoms with Crippen LogP contribution in [0.3, 0.4) is 0 Å². The number of amides is 1. The number of aromatic hydroxyl groups is 1. The molecule has 0 fully saturated rings. The molecule has 4 aromatic rings. The third-order valence-electron chi connectivity index (χ3n) is 5.72. The van der Waals surface area contributed by atoms with Gasteiger partial charge in [-0.2, -0.15) is 8.42 Å². The van der Waals surface area contributed by atoms with Gasteiger partial charge in [0, 0.05) is 11.1 Å². The summed E-state index contributed by atoms with van der Waals surface area (Å²) in [6.45, 7) is 4.09. The number of benzene rings is 4. The highest BCUT2D eigenvalue weighted by Crippen LogP contribution is 2.42. The van der Waals surface area contributed by atoms with E-state index in [4.69, 9.17) is 16.3 Å². The predicted molar refractivity (Wildman–Crippen MR) is 146 cm³/mol. The van der Waals surface area contributed by atoms with Gasteiger partial charge in [0.25, 0.3) is 16.0 Å². The van der Waals surface area contributed by atoms with E-state index >= 15 is 0 Å². The number of nitrogens with zero attached hydrogens (tertiary/aromatic N) is 2. The fourth-order valence-electron chi connectivity index (χ4n) is 3.94. The third-order valence-corrected chi connectivity index (χ3v) is 6.99. The fourth-order valence-corrected chi connectivity index (χ4v) is 5.13. The SMILES string of the molecule is CCOc1ccc(NC(=O)c2cc3ccccc3c(N=Nc3c(Cl)ccc(CC)c3S(=O)(=O)O)c2O)cc1.